The predicted octanol–water partition coefficient (Wildman–Crippen LogP) is 4.74. The van der Waals surface area contributed by atoms with Crippen LogP contribution in [0.5, 0.6) is 0 Å². The summed E-state index contributed by atoms with van der Waals surface area (Å²) in [6.45, 7) is 4.92. The molecule has 0 atom stereocenters. The van der Waals surface area contributed by atoms with Crippen molar-refractivity contribution in [2.45, 2.75) is 6.54 Å². The summed E-state index contributed by atoms with van der Waals surface area (Å²) < 4.78 is 0. The molecule has 0 amide bonds. The van der Waals surface area contributed by atoms with Gasteiger partial charge in [0.25, 0.3) is 0 Å². The molecule has 1 aliphatic rings. The third-order valence-electron chi connectivity index (χ3n) is 4.04. The number of benzene rings is 2. The van der Waals surface area contributed by atoms with Gasteiger partial charge in [-0.25, -0.2) is 0 Å². The standard InChI is InChI=1S/C17H19Cl2N3.2ClH/c18-14-2-1-13(17(19)11-14)12-21-7-9-22(10-8-21)16-5-3-15(20)4-6-16;;/h1-6,11H,7-10,12,20H2;2*1H. The van der Waals surface area contributed by atoms with Gasteiger partial charge in [-0.05, 0) is 42.0 Å². The Hall–Kier alpha value is -0.840. The highest BCUT2D eigenvalue weighted by Gasteiger charge is 2.18. The summed E-state index contributed by atoms with van der Waals surface area (Å²) >= 11 is 12.2. The van der Waals surface area contributed by atoms with Crippen molar-refractivity contribution in [3.63, 3.8) is 0 Å². The molecule has 3 nitrogen and oxygen atoms in total. The molecule has 7 heteroatoms. The van der Waals surface area contributed by atoms with Crippen molar-refractivity contribution >= 4 is 59.4 Å². The Balaban J connectivity index is 0.00000144. The maximum atomic E-state index is 6.25. The third-order valence-corrected chi connectivity index (χ3v) is 4.63. The first-order chi connectivity index (χ1) is 10.6. The molecule has 0 saturated carbocycles. The van der Waals surface area contributed by atoms with Gasteiger partial charge in [0.05, 0.1) is 0 Å². The van der Waals surface area contributed by atoms with Gasteiger partial charge in [0, 0.05) is 54.1 Å². The van der Waals surface area contributed by atoms with Crippen LogP contribution in [0.3, 0.4) is 0 Å². The summed E-state index contributed by atoms with van der Waals surface area (Å²) in [6.07, 6.45) is 0. The summed E-state index contributed by atoms with van der Waals surface area (Å²) in [6, 6.07) is 13.8. The fourth-order valence-corrected chi connectivity index (χ4v) is 3.21. The van der Waals surface area contributed by atoms with E-state index >= 15 is 0 Å². The SMILES string of the molecule is Cl.Cl.Nc1ccc(N2CCN(Cc3ccc(Cl)cc3Cl)CC2)cc1. The second-order valence-electron chi connectivity index (χ2n) is 5.59. The van der Waals surface area contributed by atoms with Gasteiger partial charge in [0.15, 0.2) is 0 Å². The first-order valence-corrected chi connectivity index (χ1v) is 8.14. The van der Waals surface area contributed by atoms with Gasteiger partial charge in [0.1, 0.15) is 0 Å². The molecule has 2 aromatic carbocycles. The first kappa shape index (κ1) is 21.2. The zero-order valence-corrected chi connectivity index (χ0v) is 16.3. The van der Waals surface area contributed by atoms with Crippen LogP contribution in [0, 0.1) is 0 Å². The van der Waals surface area contributed by atoms with E-state index in [1.165, 1.54) is 5.69 Å². The number of nitrogens with two attached hydrogens (primary N) is 1. The highest BCUT2D eigenvalue weighted by molar-refractivity contribution is 6.35. The number of halogens is 4. The van der Waals surface area contributed by atoms with Crippen LogP contribution in [-0.4, -0.2) is 31.1 Å². The zero-order valence-electron chi connectivity index (χ0n) is 13.1. The number of anilines is 2. The molecule has 132 valence electrons. The molecular formula is C17H21Cl4N3. The van der Waals surface area contributed by atoms with E-state index in [-0.39, 0.29) is 24.8 Å². The highest BCUT2D eigenvalue weighted by Crippen LogP contribution is 2.23. The van der Waals surface area contributed by atoms with Crippen LogP contribution in [0.2, 0.25) is 10.0 Å². The molecule has 24 heavy (non-hydrogen) atoms. The Kier molecular flexibility index (Phi) is 8.48. The summed E-state index contributed by atoms with van der Waals surface area (Å²) in [7, 11) is 0. The van der Waals surface area contributed by atoms with Gasteiger partial charge in [-0.3, -0.25) is 4.90 Å². The summed E-state index contributed by atoms with van der Waals surface area (Å²) in [4.78, 5) is 4.81. The number of rotatable bonds is 3. The van der Waals surface area contributed by atoms with Crippen LogP contribution >= 0.6 is 48.0 Å². The molecule has 1 fully saturated rings. The fraction of sp³-hybridized carbons (Fsp3) is 0.294. The minimum Gasteiger partial charge on any atom is -0.399 e. The third kappa shape index (κ3) is 5.33. The van der Waals surface area contributed by atoms with Crippen molar-refractivity contribution in [3.8, 4) is 0 Å². The molecule has 3 rings (SSSR count). The lowest BCUT2D eigenvalue weighted by Crippen LogP contribution is -2.46. The van der Waals surface area contributed by atoms with Gasteiger partial charge in [-0.2, -0.15) is 0 Å². The predicted molar refractivity (Wildman–Crippen MR) is 109 cm³/mol. The van der Waals surface area contributed by atoms with Gasteiger partial charge >= 0.3 is 0 Å². The maximum Gasteiger partial charge on any atom is 0.0465 e. The Morgan fingerprint density at radius 3 is 2.08 bits per heavy atom. The van der Waals surface area contributed by atoms with E-state index < -0.39 is 0 Å². The number of hydrogen-bond donors (Lipinski definition) is 1. The topological polar surface area (TPSA) is 32.5 Å². The minimum atomic E-state index is 0. The van der Waals surface area contributed by atoms with Crippen molar-refractivity contribution in [2.24, 2.45) is 0 Å². The lowest BCUT2D eigenvalue weighted by molar-refractivity contribution is 0.250. The average molecular weight is 409 g/mol. The molecule has 2 N–H and O–H groups in total. The second kappa shape index (κ2) is 9.59. The molecule has 0 bridgehead atoms. The van der Waals surface area contributed by atoms with E-state index in [1.54, 1.807) is 0 Å². The van der Waals surface area contributed by atoms with Crippen LogP contribution < -0.4 is 10.6 Å². The quantitative estimate of drug-likeness (QED) is 0.744. The summed E-state index contributed by atoms with van der Waals surface area (Å²) in [5.41, 5.74) is 8.91. The number of nitrogens with zero attached hydrogens (tertiary/aromatic N) is 2. The van der Waals surface area contributed by atoms with Crippen molar-refractivity contribution in [2.75, 3.05) is 36.8 Å². The zero-order chi connectivity index (χ0) is 15.5. The van der Waals surface area contributed by atoms with Crippen molar-refractivity contribution in [1.29, 1.82) is 0 Å². The Bertz CT molecular complexity index is 641. The lowest BCUT2D eigenvalue weighted by Gasteiger charge is -2.36. The van der Waals surface area contributed by atoms with Crippen molar-refractivity contribution < 1.29 is 0 Å². The number of piperazine rings is 1. The van der Waals surface area contributed by atoms with Crippen LogP contribution in [0.25, 0.3) is 0 Å². The van der Waals surface area contributed by atoms with E-state index in [4.69, 9.17) is 28.9 Å². The number of hydrogen-bond acceptors (Lipinski definition) is 3. The monoisotopic (exact) mass is 407 g/mol. The maximum absolute atomic E-state index is 6.25. The van der Waals surface area contributed by atoms with Crippen LogP contribution in [-0.2, 0) is 6.54 Å². The molecule has 0 spiro atoms. The van der Waals surface area contributed by atoms with Crippen LogP contribution in [0.1, 0.15) is 5.56 Å². The normalized spacial score (nSPS) is 14.7. The Morgan fingerprint density at radius 2 is 1.50 bits per heavy atom. The molecule has 0 radical (unpaired) electrons. The largest absolute Gasteiger partial charge is 0.399 e. The van der Waals surface area contributed by atoms with E-state index in [9.17, 15) is 0 Å². The van der Waals surface area contributed by atoms with Gasteiger partial charge in [-0.1, -0.05) is 29.3 Å². The molecule has 0 unspecified atom stereocenters. The van der Waals surface area contributed by atoms with E-state index in [0.717, 1.165) is 49.0 Å². The Labute approximate surface area is 165 Å². The molecule has 2 aromatic rings. The average Bonchev–Trinajstić information content (AvgIpc) is 2.52. The highest BCUT2D eigenvalue weighted by atomic mass is 35.5. The molecule has 0 aromatic heterocycles. The molecular weight excluding hydrogens is 388 g/mol. The van der Waals surface area contributed by atoms with E-state index in [0.29, 0.717) is 5.02 Å². The van der Waals surface area contributed by atoms with E-state index in [2.05, 4.69) is 21.9 Å². The van der Waals surface area contributed by atoms with Gasteiger partial charge in [0.2, 0.25) is 0 Å². The molecule has 1 heterocycles. The van der Waals surface area contributed by atoms with E-state index in [1.807, 2.05) is 30.3 Å². The lowest BCUT2D eigenvalue weighted by atomic mass is 10.2. The molecule has 1 saturated heterocycles. The van der Waals surface area contributed by atoms with Crippen LogP contribution in [0.15, 0.2) is 42.5 Å². The summed E-state index contributed by atoms with van der Waals surface area (Å²) in [5, 5.41) is 1.43. The first-order valence-electron chi connectivity index (χ1n) is 7.38. The van der Waals surface area contributed by atoms with Gasteiger partial charge < -0.3 is 10.6 Å². The smallest absolute Gasteiger partial charge is 0.0465 e. The van der Waals surface area contributed by atoms with Gasteiger partial charge in [-0.15, -0.1) is 24.8 Å². The fourth-order valence-electron chi connectivity index (χ4n) is 2.74. The Morgan fingerprint density at radius 1 is 0.875 bits per heavy atom. The van der Waals surface area contributed by atoms with Crippen molar-refractivity contribution in [1.82, 2.24) is 4.90 Å². The van der Waals surface area contributed by atoms with Crippen molar-refractivity contribution in [3.05, 3.63) is 58.1 Å². The molecule has 0 aliphatic carbocycles. The van der Waals surface area contributed by atoms with Crippen LogP contribution in [0.4, 0.5) is 11.4 Å². The minimum absolute atomic E-state index is 0. The summed E-state index contributed by atoms with van der Waals surface area (Å²) in [5.74, 6) is 0. The number of nitrogen functional groups attached to an aromatic ring is 1. The molecule has 1 aliphatic heterocycles. The second-order valence-corrected chi connectivity index (χ2v) is 6.43.